The average molecular weight is 290 g/mol. The zero-order chi connectivity index (χ0) is 13.5. The summed E-state index contributed by atoms with van der Waals surface area (Å²) in [6, 6.07) is 0.314. The van der Waals surface area contributed by atoms with E-state index in [1.54, 1.807) is 11.3 Å². The van der Waals surface area contributed by atoms with Crippen molar-refractivity contribution in [2.24, 2.45) is 0 Å². The Hall–Kier alpha value is -1.27. The lowest BCUT2D eigenvalue weighted by Crippen LogP contribution is -2.23. The second-order valence-corrected chi connectivity index (χ2v) is 7.06. The minimum atomic E-state index is 0.314. The molecule has 2 aromatic heterocycles. The molecule has 106 valence electrons. The SMILES string of the molecule is Cc1ncc(CN2CCCC2c2noc(C3CC3)n2)s1. The zero-order valence-electron chi connectivity index (χ0n) is 11.6. The van der Waals surface area contributed by atoms with Crippen molar-refractivity contribution in [2.75, 3.05) is 6.54 Å². The van der Waals surface area contributed by atoms with Crippen molar-refractivity contribution < 1.29 is 4.52 Å². The summed E-state index contributed by atoms with van der Waals surface area (Å²) in [5.41, 5.74) is 0. The Morgan fingerprint density at radius 2 is 2.30 bits per heavy atom. The molecule has 20 heavy (non-hydrogen) atoms. The predicted octanol–water partition coefficient (Wildman–Crippen LogP) is 3.05. The molecule has 0 amide bonds. The molecule has 5 nitrogen and oxygen atoms in total. The van der Waals surface area contributed by atoms with Gasteiger partial charge in [-0.15, -0.1) is 11.3 Å². The number of aromatic nitrogens is 3. The Morgan fingerprint density at radius 1 is 1.40 bits per heavy atom. The van der Waals surface area contributed by atoms with Crippen molar-refractivity contribution in [1.29, 1.82) is 0 Å². The van der Waals surface area contributed by atoms with E-state index in [4.69, 9.17) is 4.52 Å². The number of nitrogens with zero attached hydrogens (tertiary/aromatic N) is 4. The predicted molar refractivity (Wildman–Crippen MR) is 75.5 cm³/mol. The Kier molecular flexibility index (Phi) is 3.07. The van der Waals surface area contributed by atoms with E-state index in [-0.39, 0.29) is 0 Å². The van der Waals surface area contributed by atoms with Gasteiger partial charge in [0.2, 0.25) is 5.89 Å². The molecule has 0 aromatic carbocycles. The van der Waals surface area contributed by atoms with Crippen LogP contribution in [-0.4, -0.2) is 26.6 Å². The molecule has 2 aliphatic rings. The van der Waals surface area contributed by atoms with Crippen LogP contribution < -0.4 is 0 Å². The first-order chi connectivity index (χ1) is 9.79. The van der Waals surface area contributed by atoms with Crippen molar-refractivity contribution in [3.8, 4) is 0 Å². The lowest BCUT2D eigenvalue weighted by Gasteiger charge is -2.20. The molecule has 2 fully saturated rings. The molecule has 6 heteroatoms. The Bertz CT molecular complexity index is 604. The van der Waals surface area contributed by atoms with Gasteiger partial charge in [0, 0.05) is 23.5 Å². The van der Waals surface area contributed by atoms with Crippen molar-refractivity contribution in [3.05, 3.63) is 27.8 Å². The molecule has 0 radical (unpaired) electrons. The third-order valence-electron chi connectivity index (χ3n) is 4.07. The van der Waals surface area contributed by atoms with Crippen LogP contribution in [0.4, 0.5) is 0 Å². The molecular weight excluding hydrogens is 272 g/mol. The summed E-state index contributed by atoms with van der Waals surface area (Å²) in [4.78, 5) is 12.7. The van der Waals surface area contributed by atoms with Gasteiger partial charge in [-0.1, -0.05) is 5.16 Å². The molecule has 3 heterocycles. The van der Waals surface area contributed by atoms with Gasteiger partial charge in [0.25, 0.3) is 0 Å². The van der Waals surface area contributed by atoms with E-state index in [9.17, 15) is 0 Å². The minimum Gasteiger partial charge on any atom is -0.339 e. The van der Waals surface area contributed by atoms with Crippen molar-refractivity contribution >= 4 is 11.3 Å². The standard InChI is InChI=1S/C14H18N4OS/c1-9-15-7-11(20-9)8-18-6-2-3-12(18)13-16-14(19-17-13)10-4-5-10/h7,10,12H,2-6,8H2,1H3. The van der Waals surface area contributed by atoms with Crippen LogP contribution in [0.2, 0.25) is 0 Å². The fourth-order valence-corrected chi connectivity index (χ4v) is 3.69. The second-order valence-electron chi connectivity index (χ2n) is 5.74. The molecule has 1 aliphatic carbocycles. The van der Waals surface area contributed by atoms with E-state index < -0.39 is 0 Å². The molecule has 1 saturated heterocycles. The number of aryl methyl sites for hydroxylation is 1. The Morgan fingerprint density at radius 3 is 3.05 bits per heavy atom. The third-order valence-corrected chi connectivity index (χ3v) is 4.97. The maximum atomic E-state index is 5.41. The van der Waals surface area contributed by atoms with Crippen LogP contribution in [0.15, 0.2) is 10.7 Å². The van der Waals surface area contributed by atoms with Crippen molar-refractivity contribution in [1.82, 2.24) is 20.0 Å². The minimum absolute atomic E-state index is 0.314. The highest BCUT2D eigenvalue weighted by Crippen LogP contribution is 2.40. The summed E-state index contributed by atoms with van der Waals surface area (Å²) >= 11 is 1.77. The van der Waals surface area contributed by atoms with Crippen molar-refractivity contribution in [3.63, 3.8) is 0 Å². The highest BCUT2D eigenvalue weighted by atomic mass is 32.1. The third kappa shape index (κ3) is 2.38. The Labute approximate surface area is 122 Å². The fourth-order valence-electron chi connectivity index (χ4n) is 2.87. The first-order valence-corrected chi connectivity index (χ1v) is 8.10. The molecule has 0 N–H and O–H groups in total. The van der Waals surface area contributed by atoms with Crippen LogP contribution in [0.3, 0.4) is 0 Å². The van der Waals surface area contributed by atoms with Crippen LogP contribution in [0.25, 0.3) is 0 Å². The molecule has 0 spiro atoms. The molecule has 1 aliphatic heterocycles. The number of hydrogen-bond donors (Lipinski definition) is 0. The molecule has 1 unspecified atom stereocenters. The number of rotatable bonds is 4. The van der Waals surface area contributed by atoms with Crippen LogP contribution in [0.1, 0.15) is 59.2 Å². The lowest BCUT2D eigenvalue weighted by molar-refractivity contribution is 0.236. The van der Waals surface area contributed by atoms with E-state index in [1.807, 2.05) is 6.20 Å². The zero-order valence-corrected chi connectivity index (χ0v) is 12.4. The van der Waals surface area contributed by atoms with Gasteiger partial charge >= 0.3 is 0 Å². The summed E-state index contributed by atoms with van der Waals surface area (Å²) in [6.07, 6.45) is 6.73. The number of likely N-dealkylation sites (tertiary alicyclic amines) is 1. The molecule has 4 rings (SSSR count). The van der Waals surface area contributed by atoms with Crippen LogP contribution in [0.5, 0.6) is 0 Å². The van der Waals surface area contributed by atoms with Gasteiger partial charge in [-0.2, -0.15) is 4.98 Å². The number of thiazole rings is 1. The van der Waals surface area contributed by atoms with E-state index >= 15 is 0 Å². The number of hydrogen-bond acceptors (Lipinski definition) is 6. The smallest absolute Gasteiger partial charge is 0.229 e. The molecular formula is C14H18N4OS. The maximum Gasteiger partial charge on any atom is 0.229 e. The van der Waals surface area contributed by atoms with Crippen LogP contribution >= 0.6 is 11.3 Å². The topological polar surface area (TPSA) is 55.1 Å². The van der Waals surface area contributed by atoms with Gasteiger partial charge in [-0.25, -0.2) is 4.98 Å². The Balaban J connectivity index is 1.50. The van der Waals surface area contributed by atoms with E-state index in [1.165, 1.54) is 24.1 Å². The van der Waals surface area contributed by atoms with Gasteiger partial charge in [0.1, 0.15) is 0 Å². The molecule has 2 aromatic rings. The van der Waals surface area contributed by atoms with Gasteiger partial charge in [-0.3, -0.25) is 4.90 Å². The molecule has 1 saturated carbocycles. The lowest BCUT2D eigenvalue weighted by atomic mass is 10.2. The summed E-state index contributed by atoms with van der Waals surface area (Å²) in [5.74, 6) is 2.27. The first-order valence-electron chi connectivity index (χ1n) is 7.28. The van der Waals surface area contributed by atoms with Crippen LogP contribution in [0, 0.1) is 6.92 Å². The molecule has 0 bridgehead atoms. The monoisotopic (exact) mass is 290 g/mol. The van der Waals surface area contributed by atoms with E-state index in [2.05, 4.69) is 26.9 Å². The van der Waals surface area contributed by atoms with Gasteiger partial charge in [0.05, 0.1) is 11.0 Å². The van der Waals surface area contributed by atoms with E-state index in [0.717, 1.165) is 36.2 Å². The highest BCUT2D eigenvalue weighted by molar-refractivity contribution is 7.11. The van der Waals surface area contributed by atoms with Gasteiger partial charge in [0.15, 0.2) is 5.82 Å². The quantitative estimate of drug-likeness (QED) is 0.866. The second kappa shape index (κ2) is 4.93. The normalized spacial score (nSPS) is 23.6. The van der Waals surface area contributed by atoms with Crippen LogP contribution in [-0.2, 0) is 6.54 Å². The van der Waals surface area contributed by atoms with Gasteiger partial charge < -0.3 is 4.52 Å². The summed E-state index contributed by atoms with van der Waals surface area (Å²) in [6.45, 7) is 4.11. The largest absolute Gasteiger partial charge is 0.339 e. The molecule has 1 atom stereocenters. The maximum absolute atomic E-state index is 5.41. The summed E-state index contributed by atoms with van der Waals surface area (Å²) < 4.78 is 5.41. The van der Waals surface area contributed by atoms with Gasteiger partial charge in [-0.05, 0) is 39.2 Å². The first kappa shape index (κ1) is 12.5. The summed E-state index contributed by atoms with van der Waals surface area (Å²) in [5, 5.41) is 5.35. The fraction of sp³-hybridized carbons (Fsp3) is 0.643. The van der Waals surface area contributed by atoms with Crippen molar-refractivity contribution in [2.45, 2.75) is 51.1 Å². The highest BCUT2D eigenvalue weighted by Gasteiger charge is 2.34. The summed E-state index contributed by atoms with van der Waals surface area (Å²) in [7, 11) is 0. The average Bonchev–Trinajstić information content (AvgIpc) is 2.87. The van der Waals surface area contributed by atoms with E-state index in [0.29, 0.717) is 12.0 Å².